The first-order chi connectivity index (χ1) is 12.4. The van der Waals surface area contributed by atoms with Gasteiger partial charge in [0.25, 0.3) is 0 Å². The Morgan fingerprint density at radius 2 is 2.04 bits per heavy atom. The summed E-state index contributed by atoms with van der Waals surface area (Å²) in [6.07, 6.45) is 12.0. The molecule has 4 rings (SSSR count). The van der Waals surface area contributed by atoms with Crippen LogP contribution in [0.5, 0.6) is 0 Å². The van der Waals surface area contributed by atoms with E-state index in [1.807, 2.05) is 13.0 Å². The molecule has 0 heterocycles. The van der Waals surface area contributed by atoms with Gasteiger partial charge in [0, 0.05) is 10.8 Å². The normalized spacial score (nSPS) is 46.6. The molecule has 3 fully saturated rings. The molecule has 4 heteroatoms. The lowest BCUT2D eigenvalue weighted by Gasteiger charge is -2.56. The van der Waals surface area contributed by atoms with Crippen molar-refractivity contribution in [2.24, 2.45) is 28.6 Å². The van der Waals surface area contributed by atoms with Crippen LogP contribution < -0.4 is 0 Å². The number of aliphatic hydroxyl groups is 1. The van der Waals surface area contributed by atoms with Crippen molar-refractivity contribution >= 4 is 6.16 Å². The van der Waals surface area contributed by atoms with Gasteiger partial charge in [-0.05, 0) is 63.2 Å². The lowest BCUT2D eigenvalue weighted by molar-refractivity contribution is -0.0781. The molecule has 0 unspecified atom stereocenters. The van der Waals surface area contributed by atoms with Gasteiger partial charge in [-0.15, -0.1) is 0 Å². The van der Waals surface area contributed by atoms with Crippen LogP contribution in [-0.2, 0) is 9.47 Å². The van der Waals surface area contributed by atoms with Gasteiger partial charge in [0.2, 0.25) is 0 Å². The third kappa shape index (κ3) is 2.64. The summed E-state index contributed by atoms with van der Waals surface area (Å²) in [6, 6.07) is 0. The van der Waals surface area contributed by atoms with Gasteiger partial charge < -0.3 is 14.6 Å². The number of hydrogen-bond donors (Lipinski definition) is 1. The summed E-state index contributed by atoms with van der Waals surface area (Å²) in [5, 5.41) is 9.99. The van der Waals surface area contributed by atoms with Crippen molar-refractivity contribution in [2.45, 2.75) is 71.5 Å². The molecular formula is C22H32O4. The quantitative estimate of drug-likeness (QED) is 0.576. The first kappa shape index (κ1) is 18.1. The minimum atomic E-state index is -0.508. The molecule has 0 aromatic rings. The number of aliphatic hydroxyl groups excluding tert-OH is 1. The van der Waals surface area contributed by atoms with Crippen LogP contribution in [0.4, 0.5) is 4.79 Å². The van der Waals surface area contributed by atoms with Gasteiger partial charge >= 0.3 is 6.16 Å². The van der Waals surface area contributed by atoms with Crippen molar-refractivity contribution in [1.29, 1.82) is 0 Å². The van der Waals surface area contributed by atoms with Crippen molar-refractivity contribution in [3.05, 3.63) is 23.8 Å². The van der Waals surface area contributed by atoms with Crippen molar-refractivity contribution in [3.8, 4) is 0 Å². The zero-order valence-corrected chi connectivity index (χ0v) is 16.2. The summed E-state index contributed by atoms with van der Waals surface area (Å²) in [5.41, 5.74) is 1.59. The predicted octanol–water partition coefficient (Wildman–Crippen LogP) is 4.63. The molecular weight excluding hydrogens is 328 g/mol. The Bertz CT molecular complexity index is 638. The largest absolute Gasteiger partial charge is 0.508 e. The fourth-order valence-corrected chi connectivity index (χ4v) is 6.73. The van der Waals surface area contributed by atoms with Crippen LogP contribution in [0, 0.1) is 28.6 Å². The number of ether oxygens (including phenoxy) is 2. The number of rotatable bonds is 2. The van der Waals surface area contributed by atoms with Gasteiger partial charge in [0.15, 0.2) is 0 Å². The van der Waals surface area contributed by atoms with Crippen molar-refractivity contribution in [1.82, 2.24) is 0 Å². The van der Waals surface area contributed by atoms with E-state index in [4.69, 9.17) is 9.47 Å². The third-order valence-corrected chi connectivity index (χ3v) is 8.07. The maximum Gasteiger partial charge on any atom is 0.508 e. The summed E-state index contributed by atoms with van der Waals surface area (Å²) in [5.74, 6) is 1.91. The zero-order chi connectivity index (χ0) is 18.5. The van der Waals surface area contributed by atoms with E-state index in [2.05, 4.69) is 26.0 Å². The van der Waals surface area contributed by atoms with Gasteiger partial charge in [-0.3, -0.25) is 0 Å². The third-order valence-electron chi connectivity index (χ3n) is 8.07. The van der Waals surface area contributed by atoms with Crippen molar-refractivity contribution < 1.29 is 19.4 Å². The first-order valence-electron chi connectivity index (χ1n) is 10.3. The van der Waals surface area contributed by atoms with E-state index in [1.54, 1.807) is 0 Å². The van der Waals surface area contributed by atoms with Crippen LogP contribution in [0.15, 0.2) is 23.8 Å². The van der Waals surface area contributed by atoms with E-state index in [9.17, 15) is 9.90 Å². The molecule has 0 radical (unpaired) electrons. The van der Waals surface area contributed by atoms with Gasteiger partial charge in [-0.25, -0.2) is 4.79 Å². The number of carbonyl (C=O) groups excluding carboxylic acids is 1. The Balaban J connectivity index is 1.55. The number of carbonyl (C=O) groups is 1. The summed E-state index contributed by atoms with van der Waals surface area (Å²) in [6.45, 7) is 6.87. The molecule has 4 aliphatic carbocycles. The minimum Gasteiger partial charge on any atom is -0.435 e. The van der Waals surface area contributed by atoms with E-state index >= 15 is 0 Å². The fraction of sp³-hybridized carbons (Fsp3) is 0.773. The zero-order valence-electron chi connectivity index (χ0n) is 16.2. The number of allylic oxidation sites excluding steroid dienone is 2. The van der Waals surface area contributed by atoms with E-state index in [-0.39, 0.29) is 16.9 Å². The highest BCUT2D eigenvalue weighted by molar-refractivity contribution is 5.60. The van der Waals surface area contributed by atoms with Crippen LogP contribution in [0.25, 0.3) is 0 Å². The molecule has 26 heavy (non-hydrogen) atoms. The lowest BCUT2D eigenvalue weighted by atomic mass is 9.48. The minimum absolute atomic E-state index is 0.0130. The molecule has 0 aliphatic heterocycles. The summed E-state index contributed by atoms with van der Waals surface area (Å²) in [7, 11) is 0. The van der Waals surface area contributed by atoms with E-state index < -0.39 is 12.3 Å². The Labute approximate surface area is 156 Å². The van der Waals surface area contributed by atoms with Crippen LogP contribution in [0.1, 0.15) is 59.3 Å². The Morgan fingerprint density at radius 3 is 2.81 bits per heavy atom. The second kappa shape index (κ2) is 6.40. The Kier molecular flexibility index (Phi) is 4.45. The average molecular weight is 360 g/mol. The molecule has 0 amide bonds. The summed E-state index contributed by atoms with van der Waals surface area (Å²) in [4.78, 5) is 11.9. The van der Waals surface area contributed by atoms with E-state index in [0.717, 1.165) is 32.1 Å². The Morgan fingerprint density at radius 1 is 1.23 bits per heavy atom. The molecule has 3 saturated carbocycles. The van der Waals surface area contributed by atoms with Crippen LogP contribution in [-0.4, -0.2) is 30.1 Å². The topological polar surface area (TPSA) is 55.8 Å². The van der Waals surface area contributed by atoms with Crippen LogP contribution in [0.3, 0.4) is 0 Å². The summed E-state index contributed by atoms with van der Waals surface area (Å²) >= 11 is 0. The monoisotopic (exact) mass is 360 g/mol. The van der Waals surface area contributed by atoms with Crippen LogP contribution >= 0.6 is 0 Å². The highest BCUT2D eigenvalue weighted by Gasteiger charge is 2.59. The second-order valence-electron chi connectivity index (χ2n) is 9.15. The molecule has 0 saturated heterocycles. The molecule has 4 nitrogen and oxygen atoms in total. The van der Waals surface area contributed by atoms with Crippen molar-refractivity contribution in [3.63, 3.8) is 0 Å². The van der Waals surface area contributed by atoms with Crippen LogP contribution in [0.2, 0.25) is 0 Å². The number of fused-ring (bicyclic) bond motifs is 5. The SMILES string of the molecule is CCOC(=O)O[C@H]1CC[C@H]2[C@@H]3CCC4=C[C@@H](O)C=C[C@]4(C)[C@H]3CC[C@]12C. The standard InChI is InChI=1S/C22H32O4/c1-4-25-20(24)26-19-8-7-17-16-6-5-14-13-15(23)9-11-21(14,2)18(16)10-12-22(17,19)3/h9,11,13,15-19,23H,4-8,10,12H2,1-3H3/t15-,16-,17-,18-,19-,21-,22-/m0/s1. The summed E-state index contributed by atoms with van der Waals surface area (Å²) < 4.78 is 10.8. The van der Waals surface area contributed by atoms with Gasteiger partial charge in [0.05, 0.1) is 12.7 Å². The molecule has 0 spiro atoms. The van der Waals surface area contributed by atoms with Gasteiger partial charge in [0.1, 0.15) is 6.10 Å². The first-order valence-corrected chi connectivity index (χ1v) is 10.3. The second-order valence-corrected chi connectivity index (χ2v) is 9.15. The maximum atomic E-state index is 11.9. The van der Waals surface area contributed by atoms with Gasteiger partial charge in [-0.2, -0.15) is 0 Å². The molecule has 7 atom stereocenters. The lowest BCUT2D eigenvalue weighted by Crippen LogP contribution is -2.51. The molecule has 144 valence electrons. The van der Waals surface area contributed by atoms with Gasteiger partial charge in [-0.1, -0.05) is 37.6 Å². The average Bonchev–Trinajstić information content (AvgIpc) is 2.92. The predicted molar refractivity (Wildman–Crippen MR) is 99.5 cm³/mol. The molecule has 1 N–H and O–H groups in total. The maximum absolute atomic E-state index is 11.9. The highest BCUT2D eigenvalue weighted by atomic mass is 16.7. The highest BCUT2D eigenvalue weighted by Crippen LogP contribution is 2.65. The Hall–Kier alpha value is -1.29. The molecule has 0 bridgehead atoms. The molecule has 0 aromatic heterocycles. The number of hydrogen-bond acceptors (Lipinski definition) is 4. The molecule has 0 aromatic carbocycles. The smallest absolute Gasteiger partial charge is 0.435 e. The van der Waals surface area contributed by atoms with E-state index in [0.29, 0.717) is 24.4 Å². The fourth-order valence-electron chi connectivity index (χ4n) is 6.73. The molecule has 4 aliphatic rings. The van der Waals surface area contributed by atoms with E-state index in [1.165, 1.54) is 12.0 Å². The van der Waals surface area contributed by atoms with Crippen molar-refractivity contribution in [2.75, 3.05) is 6.61 Å².